The van der Waals surface area contributed by atoms with E-state index < -0.39 is 10.0 Å². The summed E-state index contributed by atoms with van der Waals surface area (Å²) in [6.45, 7) is 3.83. The van der Waals surface area contributed by atoms with Gasteiger partial charge in [0, 0.05) is 43.5 Å². The van der Waals surface area contributed by atoms with Crippen LogP contribution in [0.1, 0.15) is 32.6 Å². The summed E-state index contributed by atoms with van der Waals surface area (Å²) in [5.74, 6) is -0.0616. The van der Waals surface area contributed by atoms with Crippen LogP contribution in [-0.2, 0) is 14.8 Å². The predicted octanol–water partition coefficient (Wildman–Crippen LogP) is 1.58. The Hall–Kier alpha value is -0.930. The Morgan fingerprint density at radius 3 is 2.56 bits per heavy atom. The molecular weight excluding hydrogens is 411 g/mol. The zero-order chi connectivity index (χ0) is 17.9. The van der Waals surface area contributed by atoms with Crippen molar-refractivity contribution in [1.82, 2.24) is 19.9 Å². The summed E-state index contributed by atoms with van der Waals surface area (Å²) >= 11 is 0. The lowest BCUT2D eigenvalue weighted by molar-refractivity contribution is -0.127. The van der Waals surface area contributed by atoms with Gasteiger partial charge in [0.2, 0.25) is 15.9 Å². The second kappa shape index (κ2) is 10.6. The number of piperidine rings is 2. The Bertz CT molecular complexity index is 697. The van der Waals surface area contributed by atoms with Crippen molar-refractivity contribution in [3.63, 3.8) is 0 Å². The van der Waals surface area contributed by atoms with Crippen LogP contribution in [0.4, 0.5) is 0 Å². The zero-order valence-electron chi connectivity index (χ0n) is 15.3. The van der Waals surface area contributed by atoms with Gasteiger partial charge < -0.3 is 10.6 Å². The Morgan fingerprint density at radius 1 is 1.26 bits per heavy atom. The standard InChI is InChI=1S/C17H26N4O3S.2ClH/c1-13-16(5-3-9-19-13)20-17(22)14-6-10-21(11-7-14)25(23,24)15-4-2-8-18-12-15;;/h2,4,8,12-14,16,19H,3,5-7,9-11H2,1H3,(H,20,22);2*1H. The normalized spacial score (nSPS) is 24.3. The number of rotatable bonds is 4. The first-order valence-electron chi connectivity index (χ1n) is 8.92. The number of carbonyl (C=O) groups excluding carboxylic acids is 1. The van der Waals surface area contributed by atoms with E-state index in [1.54, 1.807) is 18.3 Å². The van der Waals surface area contributed by atoms with Gasteiger partial charge in [-0.25, -0.2) is 8.42 Å². The van der Waals surface area contributed by atoms with Crippen LogP contribution >= 0.6 is 24.8 Å². The number of nitrogens with zero attached hydrogens (tertiary/aromatic N) is 2. The second-order valence-electron chi connectivity index (χ2n) is 6.87. The molecule has 2 aliphatic heterocycles. The van der Waals surface area contributed by atoms with Crippen LogP contribution in [0.2, 0.25) is 0 Å². The van der Waals surface area contributed by atoms with Gasteiger partial charge in [-0.2, -0.15) is 4.31 Å². The Labute approximate surface area is 173 Å². The lowest BCUT2D eigenvalue weighted by atomic mass is 9.94. The molecule has 1 amide bonds. The van der Waals surface area contributed by atoms with Gasteiger partial charge in [-0.1, -0.05) is 0 Å². The molecule has 2 fully saturated rings. The highest BCUT2D eigenvalue weighted by atomic mass is 35.5. The number of pyridine rings is 1. The van der Waals surface area contributed by atoms with Crippen molar-refractivity contribution in [1.29, 1.82) is 0 Å². The molecule has 2 aliphatic rings. The van der Waals surface area contributed by atoms with Crippen molar-refractivity contribution in [2.75, 3.05) is 19.6 Å². The van der Waals surface area contributed by atoms with E-state index in [9.17, 15) is 13.2 Å². The molecule has 0 radical (unpaired) electrons. The first-order valence-corrected chi connectivity index (χ1v) is 10.4. The average molecular weight is 439 g/mol. The van der Waals surface area contributed by atoms with Gasteiger partial charge >= 0.3 is 0 Å². The number of aromatic nitrogens is 1. The molecule has 3 rings (SSSR count). The number of amides is 1. The fraction of sp³-hybridized carbons (Fsp3) is 0.647. The quantitative estimate of drug-likeness (QED) is 0.744. The highest BCUT2D eigenvalue weighted by Gasteiger charge is 2.33. The monoisotopic (exact) mass is 438 g/mol. The molecule has 0 saturated carbocycles. The Balaban J connectivity index is 0.00000182. The summed E-state index contributed by atoms with van der Waals surface area (Å²) in [5.41, 5.74) is 0. The van der Waals surface area contributed by atoms with Crippen LogP contribution in [0.15, 0.2) is 29.4 Å². The van der Waals surface area contributed by atoms with E-state index in [2.05, 4.69) is 22.5 Å². The minimum absolute atomic E-state index is 0. The van der Waals surface area contributed by atoms with Crippen molar-refractivity contribution in [3.05, 3.63) is 24.5 Å². The number of sulfonamides is 1. The van der Waals surface area contributed by atoms with E-state index >= 15 is 0 Å². The van der Waals surface area contributed by atoms with E-state index in [-0.39, 0.29) is 53.6 Å². The molecule has 2 N–H and O–H groups in total. The molecule has 0 spiro atoms. The molecule has 3 heterocycles. The van der Waals surface area contributed by atoms with Crippen LogP contribution in [-0.4, -0.2) is 55.3 Å². The van der Waals surface area contributed by atoms with Crippen LogP contribution in [0.3, 0.4) is 0 Å². The van der Waals surface area contributed by atoms with E-state index in [0.717, 1.165) is 19.4 Å². The smallest absolute Gasteiger partial charge is 0.244 e. The van der Waals surface area contributed by atoms with Crippen molar-refractivity contribution in [2.45, 2.75) is 49.6 Å². The average Bonchev–Trinajstić information content (AvgIpc) is 2.64. The summed E-state index contributed by atoms with van der Waals surface area (Å²) in [6.07, 6.45) is 6.09. The lowest BCUT2D eigenvalue weighted by Crippen LogP contribution is -2.54. The van der Waals surface area contributed by atoms with Gasteiger partial charge in [0.1, 0.15) is 4.90 Å². The summed E-state index contributed by atoms with van der Waals surface area (Å²) in [7, 11) is -3.52. The molecule has 10 heteroatoms. The maximum absolute atomic E-state index is 12.6. The maximum Gasteiger partial charge on any atom is 0.244 e. The largest absolute Gasteiger partial charge is 0.352 e. The van der Waals surface area contributed by atoms with Crippen molar-refractivity contribution < 1.29 is 13.2 Å². The molecule has 1 aromatic heterocycles. The molecular formula is C17H28Cl2N4O3S. The fourth-order valence-corrected chi connectivity index (χ4v) is 4.98. The fourth-order valence-electron chi connectivity index (χ4n) is 3.55. The predicted molar refractivity (Wildman–Crippen MR) is 109 cm³/mol. The third kappa shape index (κ3) is 5.77. The molecule has 0 aliphatic carbocycles. The highest BCUT2D eigenvalue weighted by Crippen LogP contribution is 2.24. The van der Waals surface area contributed by atoms with Gasteiger partial charge in [-0.3, -0.25) is 9.78 Å². The first kappa shape index (κ1) is 24.1. The summed E-state index contributed by atoms with van der Waals surface area (Å²) in [4.78, 5) is 16.6. The number of nitrogens with one attached hydrogen (secondary N) is 2. The minimum atomic E-state index is -3.52. The van der Waals surface area contributed by atoms with Crippen molar-refractivity contribution in [2.24, 2.45) is 5.92 Å². The molecule has 2 unspecified atom stereocenters. The van der Waals surface area contributed by atoms with Crippen molar-refractivity contribution >= 4 is 40.7 Å². The van der Waals surface area contributed by atoms with E-state index in [1.807, 2.05) is 0 Å². The topological polar surface area (TPSA) is 91.4 Å². The minimum Gasteiger partial charge on any atom is -0.352 e. The third-order valence-electron chi connectivity index (χ3n) is 5.19. The van der Waals surface area contributed by atoms with E-state index in [1.165, 1.54) is 10.5 Å². The van der Waals surface area contributed by atoms with Crippen LogP contribution < -0.4 is 10.6 Å². The van der Waals surface area contributed by atoms with Gasteiger partial charge in [-0.15, -0.1) is 24.8 Å². The molecule has 0 bridgehead atoms. The van der Waals surface area contributed by atoms with Crippen LogP contribution in [0, 0.1) is 5.92 Å². The van der Waals surface area contributed by atoms with E-state index in [4.69, 9.17) is 0 Å². The number of carbonyl (C=O) groups is 1. The number of hydrogen-bond donors (Lipinski definition) is 2. The Morgan fingerprint density at radius 2 is 1.96 bits per heavy atom. The summed E-state index contributed by atoms with van der Waals surface area (Å²) in [5, 5.41) is 6.52. The highest BCUT2D eigenvalue weighted by molar-refractivity contribution is 7.89. The van der Waals surface area contributed by atoms with Gasteiger partial charge in [0.15, 0.2) is 0 Å². The van der Waals surface area contributed by atoms with E-state index in [0.29, 0.717) is 25.9 Å². The molecule has 154 valence electrons. The maximum atomic E-state index is 12.6. The third-order valence-corrected chi connectivity index (χ3v) is 7.07. The molecule has 1 aromatic rings. The molecule has 2 atom stereocenters. The molecule has 2 saturated heterocycles. The van der Waals surface area contributed by atoms with Crippen molar-refractivity contribution in [3.8, 4) is 0 Å². The number of hydrogen-bond acceptors (Lipinski definition) is 5. The summed E-state index contributed by atoms with van der Waals surface area (Å²) < 4.78 is 26.7. The molecule has 27 heavy (non-hydrogen) atoms. The molecule has 0 aromatic carbocycles. The van der Waals surface area contributed by atoms with Gasteiger partial charge in [0.25, 0.3) is 0 Å². The zero-order valence-corrected chi connectivity index (χ0v) is 17.8. The lowest BCUT2D eigenvalue weighted by Gasteiger charge is -2.34. The Kier molecular flexibility index (Phi) is 9.44. The SMILES string of the molecule is CC1NCCCC1NC(=O)C1CCN(S(=O)(=O)c2cccnc2)CC1.Cl.Cl. The second-order valence-corrected chi connectivity index (χ2v) is 8.81. The van der Waals surface area contributed by atoms with Crippen LogP contribution in [0.5, 0.6) is 0 Å². The van der Waals surface area contributed by atoms with Gasteiger partial charge in [0.05, 0.1) is 0 Å². The van der Waals surface area contributed by atoms with Gasteiger partial charge in [-0.05, 0) is 51.3 Å². The molecule has 7 nitrogen and oxygen atoms in total. The van der Waals surface area contributed by atoms with Crippen LogP contribution in [0.25, 0.3) is 0 Å². The first-order chi connectivity index (χ1) is 12.0. The number of halogens is 2. The summed E-state index contributed by atoms with van der Waals surface area (Å²) in [6, 6.07) is 3.62.